The highest BCUT2D eigenvalue weighted by Gasteiger charge is 2.37. The molecular weight excluding hydrogens is 403 g/mol. The van der Waals surface area contributed by atoms with Gasteiger partial charge in [0.05, 0.1) is 12.7 Å². The van der Waals surface area contributed by atoms with Crippen LogP contribution in [0.2, 0.25) is 0 Å². The van der Waals surface area contributed by atoms with Gasteiger partial charge in [0.1, 0.15) is 17.8 Å². The van der Waals surface area contributed by atoms with Crippen molar-refractivity contribution in [2.75, 3.05) is 6.61 Å². The van der Waals surface area contributed by atoms with Crippen molar-refractivity contribution >= 4 is 13.8 Å². The predicted molar refractivity (Wildman–Crippen MR) is 105 cm³/mol. The molecule has 0 fully saturated rings. The van der Waals surface area contributed by atoms with Gasteiger partial charge in [0.15, 0.2) is 0 Å². The summed E-state index contributed by atoms with van der Waals surface area (Å²) in [4.78, 5) is 29.6. The van der Waals surface area contributed by atoms with Crippen molar-refractivity contribution in [1.82, 2.24) is 0 Å². The van der Waals surface area contributed by atoms with Gasteiger partial charge in [-0.2, -0.15) is 0 Å². The molecule has 0 aromatic heterocycles. The highest BCUT2D eigenvalue weighted by Crippen LogP contribution is 2.41. The lowest BCUT2D eigenvalue weighted by Gasteiger charge is -2.31. The molecule has 0 aromatic rings. The maximum atomic E-state index is 11.3. The Morgan fingerprint density at radius 1 is 1.34 bits per heavy atom. The number of esters is 1. The van der Waals surface area contributed by atoms with Gasteiger partial charge in [-0.1, -0.05) is 48.6 Å². The fourth-order valence-electron chi connectivity index (χ4n) is 2.37. The Labute approximate surface area is 169 Å². The minimum Gasteiger partial charge on any atom is -0.455 e. The third kappa shape index (κ3) is 11.1. The SMILES string of the molecule is C[C@@](O)(/C=C/[C@H]1CC=CC(=O)O1)[C@@H](C[C@@H](O)/C=C/C=C\C=C\CO)OP(=O)(O)O. The fraction of sp³-hybridized carbons (Fsp3) is 0.421. The van der Waals surface area contributed by atoms with E-state index in [1.54, 1.807) is 24.3 Å². The summed E-state index contributed by atoms with van der Waals surface area (Å²) in [6.45, 7) is 1.16. The molecule has 0 saturated heterocycles. The van der Waals surface area contributed by atoms with E-state index in [0.29, 0.717) is 6.42 Å². The molecule has 0 spiro atoms. The molecule has 5 N–H and O–H groups in total. The van der Waals surface area contributed by atoms with Gasteiger partial charge in [0.2, 0.25) is 0 Å². The van der Waals surface area contributed by atoms with Gasteiger partial charge < -0.3 is 29.8 Å². The fourth-order valence-corrected chi connectivity index (χ4v) is 3.01. The van der Waals surface area contributed by atoms with Crippen LogP contribution in [0, 0.1) is 0 Å². The number of cyclic esters (lactones) is 1. The molecule has 0 unspecified atom stereocenters. The zero-order valence-electron chi connectivity index (χ0n) is 15.9. The van der Waals surface area contributed by atoms with Crippen molar-refractivity contribution in [3.05, 3.63) is 60.8 Å². The molecule has 0 saturated carbocycles. The zero-order valence-corrected chi connectivity index (χ0v) is 16.8. The molecule has 0 bridgehead atoms. The van der Waals surface area contributed by atoms with E-state index in [0.717, 1.165) is 0 Å². The number of allylic oxidation sites excluding steroid dienone is 4. The van der Waals surface area contributed by atoms with Crippen LogP contribution in [0.25, 0.3) is 0 Å². The normalized spacial score (nSPS) is 22.6. The van der Waals surface area contributed by atoms with Crippen LogP contribution < -0.4 is 0 Å². The number of phosphoric acid groups is 1. The average molecular weight is 430 g/mol. The molecule has 162 valence electrons. The summed E-state index contributed by atoms with van der Waals surface area (Å²) >= 11 is 0. The molecule has 0 aromatic carbocycles. The Bertz CT molecular complexity index is 715. The highest BCUT2D eigenvalue weighted by molar-refractivity contribution is 7.46. The summed E-state index contributed by atoms with van der Waals surface area (Å²) in [5, 5.41) is 29.4. The first-order valence-electron chi connectivity index (χ1n) is 8.85. The largest absolute Gasteiger partial charge is 0.469 e. The first kappa shape index (κ1) is 25.2. The van der Waals surface area contributed by atoms with Crippen molar-refractivity contribution in [1.29, 1.82) is 0 Å². The maximum Gasteiger partial charge on any atom is 0.469 e. The van der Waals surface area contributed by atoms with Gasteiger partial charge in [-0.05, 0) is 13.0 Å². The lowest BCUT2D eigenvalue weighted by Crippen LogP contribution is -2.41. The molecular formula is C19H27O9P. The standard InChI is InChI=1S/C19H27O9P/c1-19(23,12-11-16-9-7-10-18(22)27-16)17(28-29(24,25)26)14-15(21)8-5-3-2-4-6-13-20/h2-8,10-12,15-17,20-21,23H,9,13-14H2,1H3,(H2,24,25,26)/b3-2-,6-4+,8-5+,12-11+/t15-,16+,17+,19+/m0/s1. The Kier molecular flexibility index (Phi) is 10.4. The zero-order chi connectivity index (χ0) is 21.9. The molecule has 1 rings (SSSR count). The van der Waals surface area contributed by atoms with Gasteiger partial charge in [-0.25, -0.2) is 9.36 Å². The number of hydrogen-bond acceptors (Lipinski definition) is 7. The molecule has 0 amide bonds. The van der Waals surface area contributed by atoms with Crippen molar-refractivity contribution in [3.63, 3.8) is 0 Å². The van der Waals surface area contributed by atoms with Gasteiger partial charge in [0.25, 0.3) is 0 Å². The smallest absolute Gasteiger partial charge is 0.455 e. The molecule has 1 aliphatic rings. The van der Waals surface area contributed by atoms with Gasteiger partial charge in [-0.15, -0.1) is 0 Å². The second-order valence-corrected chi connectivity index (χ2v) is 7.66. The summed E-state index contributed by atoms with van der Waals surface area (Å²) < 4.78 is 21.0. The summed E-state index contributed by atoms with van der Waals surface area (Å²) in [5.74, 6) is -0.531. The second kappa shape index (κ2) is 12.0. The number of phosphoric ester groups is 1. The average Bonchev–Trinajstić information content (AvgIpc) is 2.61. The van der Waals surface area contributed by atoms with E-state index < -0.39 is 37.7 Å². The number of rotatable bonds is 11. The summed E-state index contributed by atoms with van der Waals surface area (Å²) in [7, 11) is -4.96. The number of carbonyl (C=O) groups excluding carboxylic acids is 1. The lowest BCUT2D eigenvalue weighted by atomic mass is 9.93. The van der Waals surface area contributed by atoms with Crippen LogP contribution in [0.4, 0.5) is 0 Å². The van der Waals surface area contributed by atoms with Crippen molar-refractivity contribution in [2.45, 2.75) is 43.7 Å². The highest BCUT2D eigenvalue weighted by atomic mass is 31.2. The molecule has 4 atom stereocenters. The van der Waals surface area contributed by atoms with Crippen molar-refractivity contribution in [3.8, 4) is 0 Å². The Balaban J connectivity index is 2.84. The van der Waals surface area contributed by atoms with Gasteiger partial charge >= 0.3 is 13.8 Å². The molecule has 29 heavy (non-hydrogen) atoms. The van der Waals surface area contributed by atoms with Crippen LogP contribution in [-0.4, -0.2) is 61.6 Å². The van der Waals surface area contributed by atoms with E-state index in [9.17, 15) is 19.6 Å². The molecule has 1 heterocycles. The van der Waals surface area contributed by atoms with Gasteiger partial charge in [0, 0.05) is 18.9 Å². The third-order valence-corrected chi connectivity index (χ3v) is 4.35. The Morgan fingerprint density at radius 2 is 2.03 bits per heavy atom. The molecule has 10 heteroatoms. The number of aliphatic hydroxyl groups excluding tert-OH is 2. The third-order valence-electron chi connectivity index (χ3n) is 3.82. The monoisotopic (exact) mass is 430 g/mol. The van der Waals surface area contributed by atoms with E-state index in [-0.39, 0.29) is 13.0 Å². The summed E-state index contributed by atoms with van der Waals surface area (Å²) in [5.41, 5.74) is -1.87. The van der Waals surface area contributed by atoms with E-state index in [4.69, 9.17) is 19.6 Å². The minimum atomic E-state index is -4.96. The van der Waals surface area contributed by atoms with Crippen LogP contribution in [0.3, 0.4) is 0 Å². The van der Waals surface area contributed by atoms with E-state index in [1.807, 2.05) is 0 Å². The number of aliphatic hydroxyl groups is 3. The first-order valence-corrected chi connectivity index (χ1v) is 10.4. The quantitative estimate of drug-likeness (QED) is 0.140. The summed E-state index contributed by atoms with van der Waals surface area (Å²) in [6, 6.07) is 0. The lowest BCUT2D eigenvalue weighted by molar-refractivity contribution is -0.141. The second-order valence-electron chi connectivity index (χ2n) is 6.47. The minimum absolute atomic E-state index is 0.100. The van der Waals surface area contributed by atoms with Crippen molar-refractivity contribution in [2.24, 2.45) is 0 Å². The predicted octanol–water partition coefficient (Wildman–Crippen LogP) is 1.06. The van der Waals surface area contributed by atoms with Crippen LogP contribution in [0.1, 0.15) is 19.8 Å². The number of carbonyl (C=O) groups is 1. The molecule has 0 aliphatic carbocycles. The van der Waals surface area contributed by atoms with Crippen LogP contribution >= 0.6 is 7.82 Å². The van der Waals surface area contributed by atoms with Gasteiger partial charge in [-0.3, -0.25) is 4.52 Å². The van der Waals surface area contributed by atoms with E-state index in [1.165, 1.54) is 43.4 Å². The van der Waals surface area contributed by atoms with Crippen LogP contribution in [0.5, 0.6) is 0 Å². The van der Waals surface area contributed by atoms with E-state index >= 15 is 0 Å². The van der Waals surface area contributed by atoms with Crippen LogP contribution in [-0.2, 0) is 18.6 Å². The van der Waals surface area contributed by atoms with E-state index in [2.05, 4.69) is 4.52 Å². The topological polar surface area (TPSA) is 154 Å². The summed E-state index contributed by atoms with van der Waals surface area (Å²) in [6.07, 6.45) is 11.5. The van der Waals surface area contributed by atoms with Crippen LogP contribution in [0.15, 0.2) is 60.8 Å². The van der Waals surface area contributed by atoms with Crippen molar-refractivity contribution < 1.29 is 43.7 Å². The first-order chi connectivity index (χ1) is 13.5. The Hall–Kier alpha value is -1.84. The molecule has 0 radical (unpaired) electrons. The maximum absolute atomic E-state index is 11.3. The Morgan fingerprint density at radius 3 is 2.66 bits per heavy atom. The molecule has 1 aliphatic heterocycles. The number of ether oxygens (including phenoxy) is 1. The number of hydrogen-bond donors (Lipinski definition) is 5. The molecule has 9 nitrogen and oxygen atoms in total.